The molecule has 0 aliphatic heterocycles. The van der Waals surface area contributed by atoms with Gasteiger partial charge in [0.05, 0.1) is 26.9 Å². The van der Waals surface area contributed by atoms with Crippen LogP contribution in [-0.4, -0.2) is 24.9 Å². The number of aromatic hydroxyl groups is 1. The van der Waals surface area contributed by atoms with Gasteiger partial charge in [0.15, 0.2) is 0 Å². The molecule has 0 spiro atoms. The summed E-state index contributed by atoms with van der Waals surface area (Å²) in [5, 5.41) is 40.2. The van der Waals surface area contributed by atoms with Gasteiger partial charge in [-0.15, -0.1) is 0 Å². The first-order valence-corrected chi connectivity index (χ1v) is 6.10. The first-order chi connectivity index (χ1) is 11.3. The molecule has 0 fully saturated rings. The summed E-state index contributed by atoms with van der Waals surface area (Å²) in [5.41, 5.74) is -1.94. The molecular formula is C13H10N4O7. The van der Waals surface area contributed by atoms with E-state index >= 15 is 0 Å². The highest BCUT2D eigenvalue weighted by Crippen LogP contribution is 2.38. The van der Waals surface area contributed by atoms with Crippen molar-refractivity contribution in [3.05, 3.63) is 79.1 Å². The highest BCUT2D eigenvalue weighted by molar-refractivity contribution is 5.64. The molecule has 1 aromatic carbocycles. The minimum Gasteiger partial charge on any atom is -0.497 e. The average Bonchev–Trinajstić information content (AvgIpc) is 2.55. The van der Waals surface area contributed by atoms with Gasteiger partial charge < -0.3 is 5.11 Å². The zero-order chi connectivity index (χ0) is 18.3. The van der Waals surface area contributed by atoms with E-state index in [2.05, 4.69) is 11.6 Å². The molecule has 0 saturated heterocycles. The minimum atomic E-state index is -1.21. The van der Waals surface area contributed by atoms with Crippen LogP contribution in [-0.2, 0) is 0 Å². The van der Waals surface area contributed by atoms with E-state index in [1.807, 2.05) is 12.1 Å². The highest BCUT2D eigenvalue weighted by atomic mass is 16.6. The molecule has 0 aliphatic rings. The minimum absolute atomic E-state index is 0.447. The SMILES string of the molecule is C=Cc1cccnc1.O=[N+]([O-])c1cc([N+](=O)[O-])c(O)c([N+](=O)[O-])c1. The predicted octanol–water partition coefficient (Wildman–Crippen LogP) is 2.84. The summed E-state index contributed by atoms with van der Waals surface area (Å²) in [5.74, 6) is -1.21. The molecule has 124 valence electrons. The maximum Gasteiger partial charge on any atom is 0.324 e. The van der Waals surface area contributed by atoms with Crippen LogP contribution in [0.1, 0.15) is 5.56 Å². The molecule has 2 aromatic rings. The monoisotopic (exact) mass is 334 g/mol. The van der Waals surface area contributed by atoms with E-state index in [4.69, 9.17) is 5.11 Å². The smallest absolute Gasteiger partial charge is 0.324 e. The first kappa shape index (κ1) is 18.2. The fourth-order valence-corrected chi connectivity index (χ4v) is 1.47. The lowest BCUT2D eigenvalue weighted by atomic mass is 10.2. The van der Waals surface area contributed by atoms with Crippen LogP contribution in [0.5, 0.6) is 5.75 Å². The summed E-state index contributed by atoms with van der Waals surface area (Å²) >= 11 is 0. The summed E-state index contributed by atoms with van der Waals surface area (Å²) in [7, 11) is 0. The molecule has 0 bridgehead atoms. The third-order valence-corrected chi connectivity index (χ3v) is 2.58. The fraction of sp³-hybridized carbons (Fsp3) is 0. The van der Waals surface area contributed by atoms with Crippen molar-refractivity contribution in [3.8, 4) is 5.75 Å². The van der Waals surface area contributed by atoms with Crippen molar-refractivity contribution in [2.75, 3.05) is 0 Å². The number of rotatable bonds is 4. The second-order valence-corrected chi connectivity index (χ2v) is 4.09. The molecule has 0 saturated carbocycles. The molecule has 11 nitrogen and oxygen atoms in total. The van der Waals surface area contributed by atoms with Crippen molar-refractivity contribution in [2.45, 2.75) is 0 Å². The van der Waals surface area contributed by atoms with Crippen LogP contribution in [0, 0.1) is 30.3 Å². The van der Waals surface area contributed by atoms with Gasteiger partial charge >= 0.3 is 11.4 Å². The van der Waals surface area contributed by atoms with Crippen LogP contribution in [0.2, 0.25) is 0 Å². The molecule has 1 N–H and O–H groups in total. The van der Waals surface area contributed by atoms with E-state index in [9.17, 15) is 30.3 Å². The number of aromatic nitrogens is 1. The number of pyridine rings is 1. The van der Waals surface area contributed by atoms with Crippen LogP contribution in [0.15, 0.2) is 43.2 Å². The number of phenolic OH excluding ortho intramolecular Hbond substituents is 1. The Morgan fingerprint density at radius 2 is 1.58 bits per heavy atom. The van der Waals surface area contributed by atoms with E-state index in [0.717, 1.165) is 5.56 Å². The molecule has 24 heavy (non-hydrogen) atoms. The number of benzene rings is 1. The molecular weight excluding hydrogens is 324 g/mol. The van der Waals surface area contributed by atoms with Crippen molar-refractivity contribution in [2.24, 2.45) is 0 Å². The zero-order valence-electron chi connectivity index (χ0n) is 11.9. The number of phenols is 1. The second kappa shape index (κ2) is 7.93. The Balaban J connectivity index is 0.000000300. The Morgan fingerprint density at radius 1 is 1.04 bits per heavy atom. The predicted molar refractivity (Wildman–Crippen MR) is 82.4 cm³/mol. The molecule has 0 aliphatic carbocycles. The fourth-order valence-electron chi connectivity index (χ4n) is 1.47. The van der Waals surface area contributed by atoms with Crippen molar-refractivity contribution in [3.63, 3.8) is 0 Å². The summed E-state index contributed by atoms with van der Waals surface area (Å²) in [6.07, 6.45) is 5.28. The number of hydrogen-bond donors (Lipinski definition) is 1. The topological polar surface area (TPSA) is 163 Å². The van der Waals surface area contributed by atoms with Gasteiger partial charge in [-0.3, -0.25) is 35.3 Å². The molecule has 1 aromatic heterocycles. The average molecular weight is 334 g/mol. The van der Waals surface area contributed by atoms with Gasteiger partial charge in [-0.1, -0.05) is 18.7 Å². The van der Waals surface area contributed by atoms with Crippen LogP contribution in [0.3, 0.4) is 0 Å². The standard InChI is InChI=1S/C7H7N.C6H3N3O7/c1-2-7-4-3-5-8-6-7;10-6-4(8(13)14)1-3(7(11)12)2-5(6)9(15)16/h2-6H,1H2;1-2,10H. The maximum atomic E-state index is 10.4. The quantitative estimate of drug-likeness (QED) is 0.658. The van der Waals surface area contributed by atoms with Crippen LogP contribution >= 0.6 is 0 Å². The number of hydrogen-bond acceptors (Lipinski definition) is 8. The number of nitro benzene ring substituents is 3. The van der Waals surface area contributed by atoms with E-state index in [1.165, 1.54) is 0 Å². The van der Waals surface area contributed by atoms with Crippen molar-refractivity contribution >= 4 is 23.1 Å². The molecule has 1 heterocycles. The van der Waals surface area contributed by atoms with Gasteiger partial charge in [-0.2, -0.15) is 0 Å². The largest absolute Gasteiger partial charge is 0.497 e. The van der Waals surface area contributed by atoms with Crippen LogP contribution < -0.4 is 0 Å². The number of nitrogens with zero attached hydrogens (tertiary/aromatic N) is 4. The van der Waals surface area contributed by atoms with Crippen LogP contribution in [0.4, 0.5) is 17.1 Å². The molecule has 0 unspecified atom stereocenters. The molecule has 0 radical (unpaired) electrons. The summed E-state index contributed by atoms with van der Waals surface area (Å²) < 4.78 is 0. The van der Waals surface area contributed by atoms with Gasteiger partial charge in [0.25, 0.3) is 11.4 Å². The van der Waals surface area contributed by atoms with Crippen molar-refractivity contribution < 1.29 is 19.9 Å². The normalized spacial score (nSPS) is 9.33. The Kier molecular flexibility index (Phi) is 6.00. The van der Waals surface area contributed by atoms with Gasteiger partial charge in [-0.05, 0) is 11.6 Å². The third-order valence-electron chi connectivity index (χ3n) is 2.58. The molecule has 2 rings (SSSR count). The van der Waals surface area contributed by atoms with Crippen molar-refractivity contribution in [1.29, 1.82) is 0 Å². The van der Waals surface area contributed by atoms with Crippen LogP contribution in [0.25, 0.3) is 6.08 Å². The maximum absolute atomic E-state index is 10.4. The van der Waals surface area contributed by atoms with E-state index in [1.54, 1.807) is 18.5 Å². The summed E-state index contributed by atoms with van der Waals surface area (Å²) in [6.45, 7) is 3.59. The molecule has 0 atom stereocenters. The Morgan fingerprint density at radius 3 is 1.88 bits per heavy atom. The molecule has 0 amide bonds. The van der Waals surface area contributed by atoms with Gasteiger partial charge in [0.2, 0.25) is 0 Å². The van der Waals surface area contributed by atoms with E-state index in [0.29, 0.717) is 12.1 Å². The Labute approximate surface area is 134 Å². The Bertz CT molecular complexity index is 757. The Hall–Kier alpha value is -3.89. The lowest BCUT2D eigenvalue weighted by Gasteiger charge is -1.97. The zero-order valence-corrected chi connectivity index (χ0v) is 11.9. The van der Waals surface area contributed by atoms with Gasteiger partial charge in [0.1, 0.15) is 0 Å². The lowest BCUT2D eigenvalue weighted by molar-refractivity contribution is -0.404. The second-order valence-electron chi connectivity index (χ2n) is 4.09. The third kappa shape index (κ3) is 4.56. The lowest BCUT2D eigenvalue weighted by Crippen LogP contribution is -1.97. The first-order valence-electron chi connectivity index (χ1n) is 6.10. The molecule has 11 heteroatoms. The highest BCUT2D eigenvalue weighted by Gasteiger charge is 2.30. The van der Waals surface area contributed by atoms with Gasteiger partial charge in [0, 0.05) is 12.4 Å². The van der Waals surface area contributed by atoms with Gasteiger partial charge in [-0.25, -0.2) is 0 Å². The van der Waals surface area contributed by atoms with E-state index < -0.39 is 37.6 Å². The van der Waals surface area contributed by atoms with Crippen molar-refractivity contribution in [1.82, 2.24) is 4.98 Å². The summed E-state index contributed by atoms with van der Waals surface area (Å²) in [4.78, 5) is 31.7. The number of nitro groups is 3. The number of non-ortho nitro benzene ring substituents is 1. The van der Waals surface area contributed by atoms with E-state index in [-0.39, 0.29) is 0 Å². The summed E-state index contributed by atoms with van der Waals surface area (Å²) in [6, 6.07) is 4.74.